The van der Waals surface area contributed by atoms with Crippen molar-refractivity contribution in [2.75, 3.05) is 31.5 Å². The fourth-order valence-electron chi connectivity index (χ4n) is 4.76. The number of nitrogens with zero attached hydrogens (tertiary/aromatic N) is 4. The lowest BCUT2D eigenvalue weighted by Gasteiger charge is -2.37. The Bertz CT molecular complexity index is 1560. The zero-order valence-corrected chi connectivity index (χ0v) is 23.3. The standard InChI is InChI=1S/C32H32ClN5O/c1-22(2)38-15-13-37(14-16-38)21-28-10-11-29(18-30(28)33)36-32(39)25-7-6-23(3)24(17-25)8-9-27-20-34-19-26-5-4-12-35-31(26)27/h4-7,10-12,17-20,22H,13-16,21H2,1-3H3,(H,36,39). The van der Waals surface area contributed by atoms with Crippen LogP contribution in [0.25, 0.3) is 10.9 Å². The molecule has 1 aliphatic rings. The van der Waals surface area contributed by atoms with E-state index in [9.17, 15) is 4.79 Å². The van der Waals surface area contributed by atoms with Crippen LogP contribution in [0.2, 0.25) is 5.02 Å². The molecule has 1 N–H and O–H groups in total. The molecule has 198 valence electrons. The Kier molecular flexibility index (Phi) is 8.23. The molecule has 0 atom stereocenters. The summed E-state index contributed by atoms with van der Waals surface area (Å²) < 4.78 is 0. The van der Waals surface area contributed by atoms with Crippen LogP contribution in [0.3, 0.4) is 0 Å². The first kappa shape index (κ1) is 26.8. The Morgan fingerprint density at radius 3 is 2.59 bits per heavy atom. The number of amides is 1. The highest BCUT2D eigenvalue weighted by Gasteiger charge is 2.19. The second-order valence-corrected chi connectivity index (χ2v) is 10.6. The predicted molar refractivity (Wildman–Crippen MR) is 158 cm³/mol. The average Bonchev–Trinajstić information content (AvgIpc) is 2.94. The van der Waals surface area contributed by atoms with E-state index in [4.69, 9.17) is 11.6 Å². The molecular weight excluding hydrogens is 506 g/mol. The second kappa shape index (κ2) is 12.0. The number of piperazine rings is 1. The van der Waals surface area contributed by atoms with Crippen molar-refractivity contribution in [1.29, 1.82) is 0 Å². The fourth-order valence-corrected chi connectivity index (χ4v) is 5.00. The number of fused-ring (bicyclic) bond motifs is 1. The summed E-state index contributed by atoms with van der Waals surface area (Å²) in [5.41, 5.74) is 5.59. The van der Waals surface area contributed by atoms with Gasteiger partial charge >= 0.3 is 0 Å². The molecule has 0 bridgehead atoms. The third-order valence-electron chi connectivity index (χ3n) is 7.18. The summed E-state index contributed by atoms with van der Waals surface area (Å²) in [5.74, 6) is 6.18. The van der Waals surface area contributed by atoms with E-state index in [-0.39, 0.29) is 5.91 Å². The van der Waals surface area contributed by atoms with E-state index in [0.29, 0.717) is 22.3 Å². The highest BCUT2D eigenvalue weighted by molar-refractivity contribution is 6.31. The number of anilines is 1. The van der Waals surface area contributed by atoms with Crippen LogP contribution in [0.4, 0.5) is 5.69 Å². The molecule has 2 aromatic carbocycles. The van der Waals surface area contributed by atoms with Gasteiger partial charge in [0.2, 0.25) is 0 Å². The molecule has 0 unspecified atom stereocenters. The third-order valence-corrected chi connectivity index (χ3v) is 7.54. The van der Waals surface area contributed by atoms with Gasteiger partial charge in [0.1, 0.15) is 0 Å². The minimum atomic E-state index is -0.208. The first-order valence-electron chi connectivity index (χ1n) is 13.2. The first-order chi connectivity index (χ1) is 18.9. The number of aromatic nitrogens is 2. The molecule has 0 saturated carbocycles. The highest BCUT2D eigenvalue weighted by atomic mass is 35.5. The molecule has 1 aliphatic heterocycles. The molecule has 6 nitrogen and oxygen atoms in total. The van der Waals surface area contributed by atoms with Crippen LogP contribution in [-0.4, -0.2) is 57.9 Å². The Labute approximate surface area is 235 Å². The zero-order chi connectivity index (χ0) is 27.4. The molecule has 4 aromatic rings. The molecule has 2 aromatic heterocycles. The molecule has 1 fully saturated rings. The summed E-state index contributed by atoms with van der Waals surface area (Å²) in [6.45, 7) is 11.5. The molecule has 3 heterocycles. The van der Waals surface area contributed by atoms with Crippen molar-refractivity contribution in [3.63, 3.8) is 0 Å². The summed E-state index contributed by atoms with van der Waals surface area (Å²) >= 11 is 6.63. The van der Waals surface area contributed by atoms with E-state index in [2.05, 4.69) is 50.8 Å². The predicted octanol–water partition coefficient (Wildman–Crippen LogP) is 5.77. The number of nitrogens with one attached hydrogen (secondary N) is 1. The highest BCUT2D eigenvalue weighted by Crippen LogP contribution is 2.24. The first-order valence-corrected chi connectivity index (χ1v) is 13.6. The van der Waals surface area contributed by atoms with Crippen molar-refractivity contribution >= 4 is 34.1 Å². The average molecular weight is 538 g/mol. The Balaban J connectivity index is 1.27. The number of pyridine rings is 2. The van der Waals surface area contributed by atoms with E-state index in [1.54, 1.807) is 18.6 Å². The van der Waals surface area contributed by atoms with E-state index in [1.807, 2.05) is 55.5 Å². The minimum Gasteiger partial charge on any atom is -0.322 e. The number of carbonyl (C=O) groups is 1. The molecule has 7 heteroatoms. The number of hydrogen-bond acceptors (Lipinski definition) is 5. The minimum absolute atomic E-state index is 0.208. The number of hydrogen-bond donors (Lipinski definition) is 1. The summed E-state index contributed by atoms with van der Waals surface area (Å²) in [5, 5.41) is 4.58. The van der Waals surface area contributed by atoms with Gasteiger partial charge in [-0.2, -0.15) is 0 Å². The maximum Gasteiger partial charge on any atom is 0.255 e. The summed E-state index contributed by atoms with van der Waals surface area (Å²) in [4.78, 5) is 26.7. The van der Waals surface area contributed by atoms with Gasteiger partial charge in [-0.3, -0.25) is 24.6 Å². The lowest BCUT2D eigenvalue weighted by molar-refractivity contribution is 0.102. The molecule has 39 heavy (non-hydrogen) atoms. The number of halogens is 1. The topological polar surface area (TPSA) is 61.4 Å². The summed E-state index contributed by atoms with van der Waals surface area (Å²) in [6.07, 6.45) is 5.24. The van der Waals surface area contributed by atoms with Gasteiger partial charge in [0.25, 0.3) is 5.91 Å². The van der Waals surface area contributed by atoms with Crippen LogP contribution < -0.4 is 5.32 Å². The number of benzene rings is 2. The number of rotatable bonds is 5. The van der Waals surface area contributed by atoms with E-state index < -0.39 is 0 Å². The summed E-state index contributed by atoms with van der Waals surface area (Å²) in [6, 6.07) is 15.7. The molecular formula is C32H32ClN5O. The van der Waals surface area contributed by atoms with Gasteiger partial charge in [-0.25, -0.2) is 0 Å². The van der Waals surface area contributed by atoms with Crippen LogP contribution in [-0.2, 0) is 6.54 Å². The molecule has 5 rings (SSSR count). The molecule has 1 saturated heterocycles. The maximum absolute atomic E-state index is 13.1. The maximum atomic E-state index is 13.1. The van der Waals surface area contributed by atoms with Crippen molar-refractivity contribution in [3.8, 4) is 11.8 Å². The molecule has 0 spiro atoms. The van der Waals surface area contributed by atoms with Crippen molar-refractivity contribution in [2.24, 2.45) is 0 Å². The normalized spacial score (nSPS) is 14.3. The summed E-state index contributed by atoms with van der Waals surface area (Å²) in [7, 11) is 0. The van der Waals surface area contributed by atoms with Gasteiger partial charge in [0.15, 0.2) is 0 Å². The van der Waals surface area contributed by atoms with Crippen LogP contribution in [0.5, 0.6) is 0 Å². The van der Waals surface area contributed by atoms with Crippen LogP contribution >= 0.6 is 11.6 Å². The van der Waals surface area contributed by atoms with Crippen LogP contribution in [0.15, 0.2) is 67.1 Å². The van der Waals surface area contributed by atoms with Crippen molar-refractivity contribution in [1.82, 2.24) is 19.8 Å². The van der Waals surface area contributed by atoms with Gasteiger partial charge in [0.05, 0.1) is 11.1 Å². The lowest BCUT2D eigenvalue weighted by Crippen LogP contribution is -2.48. The fraction of sp³-hybridized carbons (Fsp3) is 0.281. The van der Waals surface area contributed by atoms with Crippen molar-refractivity contribution in [3.05, 3.63) is 100.0 Å². The third kappa shape index (κ3) is 6.46. The zero-order valence-electron chi connectivity index (χ0n) is 22.5. The van der Waals surface area contributed by atoms with Gasteiger partial charge in [-0.1, -0.05) is 35.6 Å². The van der Waals surface area contributed by atoms with E-state index in [1.165, 1.54) is 0 Å². The smallest absolute Gasteiger partial charge is 0.255 e. The van der Waals surface area contributed by atoms with E-state index >= 15 is 0 Å². The van der Waals surface area contributed by atoms with Crippen LogP contribution in [0, 0.1) is 18.8 Å². The van der Waals surface area contributed by atoms with Gasteiger partial charge in [-0.15, -0.1) is 0 Å². The van der Waals surface area contributed by atoms with Crippen molar-refractivity contribution < 1.29 is 4.79 Å². The molecule has 0 radical (unpaired) electrons. The van der Waals surface area contributed by atoms with E-state index in [0.717, 1.165) is 65.9 Å². The number of carbonyl (C=O) groups excluding carboxylic acids is 1. The molecule has 0 aliphatic carbocycles. The Morgan fingerprint density at radius 2 is 1.82 bits per heavy atom. The SMILES string of the molecule is Cc1ccc(C(=O)Nc2ccc(CN3CCN(C(C)C)CC3)c(Cl)c2)cc1C#Cc1cncc2cccnc12. The molecule has 1 amide bonds. The van der Waals surface area contributed by atoms with Gasteiger partial charge < -0.3 is 5.32 Å². The van der Waals surface area contributed by atoms with Gasteiger partial charge in [0, 0.05) is 84.6 Å². The van der Waals surface area contributed by atoms with Crippen LogP contribution in [0.1, 0.15) is 46.5 Å². The number of aryl methyl sites for hydroxylation is 1. The largest absolute Gasteiger partial charge is 0.322 e. The van der Waals surface area contributed by atoms with Gasteiger partial charge in [-0.05, 0) is 68.3 Å². The quantitative estimate of drug-likeness (QED) is 0.327. The Morgan fingerprint density at radius 1 is 1.03 bits per heavy atom. The Hall–Kier alpha value is -3.76. The lowest BCUT2D eigenvalue weighted by atomic mass is 10.0. The van der Waals surface area contributed by atoms with Crippen molar-refractivity contribution in [2.45, 2.75) is 33.4 Å². The second-order valence-electron chi connectivity index (χ2n) is 10.2. The monoisotopic (exact) mass is 537 g/mol.